The van der Waals surface area contributed by atoms with Crippen LogP contribution in [0.5, 0.6) is 11.5 Å². The molecule has 4 aromatic rings. The zero-order valence-corrected chi connectivity index (χ0v) is 25.6. The predicted molar refractivity (Wildman–Crippen MR) is 170 cm³/mol. The third-order valence-corrected chi connectivity index (χ3v) is 7.75. The number of nitrogens with two attached hydrogens (primary N) is 1. The van der Waals surface area contributed by atoms with Crippen LogP contribution in [0.15, 0.2) is 78.9 Å². The van der Waals surface area contributed by atoms with E-state index in [4.69, 9.17) is 19.9 Å². The summed E-state index contributed by atoms with van der Waals surface area (Å²) < 4.78 is 30.7. The summed E-state index contributed by atoms with van der Waals surface area (Å²) in [6, 6.07) is 19.2. The lowest BCUT2D eigenvalue weighted by atomic mass is 9.80. The second-order valence-corrected chi connectivity index (χ2v) is 11.4. The minimum absolute atomic E-state index is 0.196. The van der Waals surface area contributed by atoms with E-state index in [0.717, 1.165) is 39.1 Å². The molecule has 0 saturated carbocycles. The van der Waals surface area contributed by atoms with Crippen LogP contribution in [0.3, 0.4) is 0 Å². The number of methoxy groups -OCH3 is 2. The topological polar surface area (TPSA) is 99.9 Å². The first-order chi connectivity index (χ1) is 20.9. The maximum atomic E-state index is 14.5. The van der Waals surface area contributed by atoms with Gasteiger partial charge in [-0.25, -0.2) is 14.0 Å². The Balaban J connectivity index is 1.60. The van der Waals surface area contributed by atoms with Gasteiger partial charge in [-0.1, -0.05) is 24.3 Å². The maximum Gasteiger partial charge on any atom is 0.343 e. The van der Waals surface area contributed by atoms with Gasteiger partial charge in [-0.3, -0.25) is 0 Å². The third kappa shape index (κ3) is 5.94. The van der Waals surface area contributed by atoms with E-state index in [1.165, 1.54) is 32.4 Å². The van der Waals surface area contributed by atoms with E-state index in [2.05, 4.69) is 32.2 Å². The van der Waals surface area contributed by atoms with Crippen molar-refractivity contribution in [3.05, 3.63) is 118 Å². The van der Waals surface area contributed by atoms with Crippen LogP contribution in [-0.2, 0) is 4.74 Å². The highest BCUT2D eigenvalue weighted by Crippen LogP contribution is 2.46. The molecule has 1 aliphatic rings. The van der Waals surface area contributed by atoms with Crippen molar-refractivity contribution >= 4 is 23.2 Å². The molecule has 0 amide bonds. The van der Waals surface area contributed by atoms with E-state index in [0.29, 0.717) is 11.3 Å². The van der Waals surface area contributed by atoms with Gasteiger partial charge in [0.25, 0.3) is 0 Å². The molecular weight excluding hydrogens is 559 g/mol. The monoisotopic (exact) mass is 594 g/mol. The molecule has 1 aliphatic heterocycles. The van der Waals surface area contributed by atoms with Crippen LogP contribution in [0.25, 0.3) is 16.7 Å². The first kappa shape index (κ1) is 30.5. The molecule has 44 heavy (non-hydrogen) atoms. The Labute approximate surface area is 256 Å². The van der Waals surface area contributed by atoms with Crippen LogP contribution < -0.4 is 20.5 Å². The number of allylic oxidation sites excluding steroid dienone is 1. The van der Waals surface area contributed by atoms with E-state index >= 15 is 0 Å². The summed E-state index contributed by atoms with van der Waals surface area (Å²) in [6.07, 6.45) is 2.16. The number of ether oxygens (including phenoxy) is 3. The number of carbonyl (C=O) groups excluding carboxylic acids is 2. The molecule has 5 rings (SSSR count). The number of rotatable bonds is 7. The fourth-order valence-electron chi connectivity index (χ4n) is 5.82. The van der Waals surface area contributed by atoms with Gasteiger partial charge in [0.1, 0.15) is 17.3 Å². The number of anilines is 1. The first-order valence-corrected chi connectivity index (χ1v) is 14.2. The van der Waals surface area contributed by atoms with Crippen LogP contribution in [0.1, 0.15) is 69.8 Å². The molecule has 0 radical (unpaired) electrons. The Morgan fingerprint density at radius 1 is 0.886 bits per heavy atom. The lowest BCUT2D eigenvalue weighted by Crippen LogP contribution is -2.32. The molecule has 0 aromatic heterocycles. The quantitative estimate of drug-likeness (QED) is 0.169. The highest BCUT2D eigenvalue weighted by atomic mass is 19.1. The predicted octanol–water partition coefficient (Wildman–Crippen LogP) is 7.47. The van der Waals surface area contributed by atoms with E-state index in [-0.39, 0.29) is 28.2 Å². The number of halogens is 1. The highest BCUT2D eigenvalue weighted by Gasteiger charge is 2.30. The van der Waals surface area contributed by atoms with Crippen LogP contribution in [-0.4, -0.2) is 31.7 Å². The summed E-state index contributed by atoms with van der Waals surface area (Å²) in [5.74, 6) is -0.850. The Hall–Kier alpha value is -4.95. The van der Waals surface area contributed by atoms with Gasteiger partial charge >= 0.3 is 11.9 Å². The van der Waals surface area contributed by atoms with E-state index in [1.807, 2.05) is 25.1 Å². The largest absolute Gasteiger partial charge is 0.496 e. The summed E-state index contributed by atoms with van der Waals surface area (Å²) >= 11 is 0. The molecule has 1 unspecified atom stereocenters. The van der Waals surface area contributed by atoms with Crippen molar-refractivity contribution in [2.45, 2.75) is 39.3 Å². The normalized spacial score (nSPS) is 14.0. The van der Waals surface area contributed by atoms with E-state index in [9.17, 15) is 14.0 Å². The smallest absolute Gasteiger partial charge is 0.343 e. The molecule has 0 saturated heterocycles. The number of fused-ring (bicyclic) bond motifs is 1. The number of nitrogens with one attached hydrogen (secondary N) is 1. The Morgan fingerprint density at radius 3 is 2.30 bits per heavy atom. The van der Waals surface area contributed by atoms with E-state index < -0.39 is 18.0 Å². The number of esters is 2. The second kappa shape index (κ2) is 12.0. The minimum atomic E-state index is -0.661. The number of hydrogen-bond acceptors (Lipinski definition) is 7. The molecule has 7 nitrogen and oxygen atoms in total. The molecule has 8 heteroatoms. The van der Waals surface area contributed by atoms with Crippen molar-refractivity contribution in [2.75, 3.05) is 19.5 Å². The molecule has 226 valence electrons. The molecular formula is C36H35FN2O5. The molecule has 1 heterocycles. The Bertz CT molecular complexity index is 1810. The van der Waals surface area contributed by atoms with Crippen LogP contribution in [0.2, 0.25) is 0 Å². The summed E-state index contributed by atoms with van der Waals surface area (Å²) in [5, 5.41) is 3.58. The number of carbonyl (C=O) groups is 2. The van der Waals surface area contributed by atoms with Crippen molar-refractivity contribution in [1.82, 2.24) is 0 Å². The molecule has 0 bridgehead atoms. The van der Waals surface area contributed by atoms with Gasteiger partial charge in [0, 0.05) is 22.9 Å². The van der Waals surface area contributed by atoms with Gasteiger partial charge in [-0.2, -0.15) is 0 Å². The molecule has 1 atom stereocenters. The first-order valence-electron chi connectivity index (χ1n) is 14.2. The summed E-state index contributed by atoms with van der Waals surface area (Å²) in [4.78, 5) is 24.9. The zero-order valence-electron chi connectivity index (χ0n) is 25.6. The molecule has 4 aromatic carbocycles. The summed E-state index contributed by atoms with van der Waals surface area (Å²) in [7, 11) is 2.81. The zero-order chi connectivity index (χ0) is 31.8. The van der Waals surface area contributed by atoms with Gasteiger partial charge in [0.05, 0.1) is 36.9 Å². The SMILES string of the molecule is COC(=O)c1cccc(C(=O)Oc2ccc(-c3ccc4c(c3C(N)c3cc(F)ccc3C)C(C)=CC(C)(C)N4)c(OC)c2)c1. The fraction of sp³-hybridized carbons (Fsp3) is 0.222. The number of benzene rings is 4. The summed E-state index contributed by atoms with van der Waals surface area (Å²) in [6.45, 7) is 8.16. The average molecular weight is 595 g/mol. The fourth-order valence-corrected chi connectivity index (χ4v) is 5.82. The van der Waals surface area contributed by atoms with Crippen LogP contribution in [0, 0.1) is 12.7 Å². The molecule has 0 fully saturated rings. The van der Waals surface area contributed by atoms with E-state index in [1.54, 1.807) is 36.4 Å². The average Bonchev–Trinajstić information content (AvgIpc) is 3.00. The Kier molecular flexibility index (Phi) is 8.30. The lowest BCUT2D eigenvalue weighted by molar-refractivity contribution is 0.0600. The van der Waals surface area contributed by atoms with Crippen molar-refractivity contribution in [1.29, 1.82) is 0 Å². The molecule has 3 N–H and O–H groups in total. The number of hydrogen-bond donors (Lipinski definition) is 2. The highest BCUT2D eigenvalue weighted by molar-refractivity contribution is 5.96. The van der Waals surface area contributed by atoms with Crippen molar-refractivity contribution in [2.24, 2.45) is 5.73 Å². The minimum Gasteiger partial charge on any atom is -0.496 e. The maximum absolute atomic E-state index is 14.5. The second-order valence-electron chi connectivity index (χ2n) is 11.4. The van der Waals surface area contributed by atoms with Gasteiger partial charge in [-0.05, 0) is 104 Å². The summed E-state index contributed by atoms with van der Waals surface area (Å²) in [5.41, 5.74) is 14.0. The standard InChI is InChI=1S/C36H35FN2O5/c1-20-10-11-24(37)17-28(20)33(38)32-27(14-15-29-31(32)21(2)19-36(3,4)39-29)26-13-12-25(18-30(26)42-5)44-35(41)23-9-7-8-22(16-23)34(40)43-6/h7-19,33,39H,38H2,1-6H3. The number of aryl methyl sites for hydroxylation is 1. The molecule has 0 spiro atoms. The van der Waals surface area contributed by atoms with Crippen molar-refractivity contribution in [3.8, 4) is 22.6 Å². The van der Waals surface area contributed by atoms with Gasteiger partial charge in [-0.15, -0.1) is 0 Å². The van der Waals surface area contributed by atoms with Crippen molar-refractivity contribution in [3.63, 3.8) is 0 Å². The van der Waals surface area contributed by atoms with Gasteiger partial charge in [0.2, 0.25) is 0 Å². The van der Waals surface area contributed by atoms with Gasteiger partial charge < -0.3 is 25.3 Å². The lowest BCUT2D eigenvalue weighted by Gasteiger charge is -2.35. The molecule has 0 aliphatic carbocycles. The Morgan fingerprint density at radius 2 is 1.59 bits per heavy atom. The van der Waals surface area contributed by atoms with Gasteiger partial charge in [0.15, 0.2) is 0 Å². The van der Waals surface area contributed by atoms with Crippen LogP contribution >= 0.6 is 0 Å². The van der Waals surface area contributed by atoms with Crippen LogP contribution in [0.4, 0.5) is 10.1 Å². The third-order valence-electron chi connectivity index (χ3n) is 7.75. The van der Waals surface area contributed by atoms with Crippen molar-refractivity contribution < 1.29 is 28.2 Å².